The van der Waals surface area contributed by atoms with Crippen LogP contribution in [0.15, 0.2) is 12.1 Å². The number of rotatable bonds is 6. The number of ether oxygens (including phenoxy) is 3. The van der Waals surface area contributed by atoms with E-state index >= 15 is 0 Å². The van der Waals surface area contributed by atoms with Crippen molar-refractivity contribution in [3.63, 3.8) is 0 Å². The molecule has 0 spiro atoms. The molecule has 1 aromatic heterocycles. The fraction of sp³-hybridized carbons (Fsp3) is 0.538. The van der Waals surface area contributed by atoms with Crippen molar-refractivity contribution >= 4 is 23.2 Å². The summed E-state index contributed by atoms with van der Waals surface area (Å²) in [6.07, 6.45) is 2.15. The van der Waals surface area contributed by atoms with Crippen LogP contribution < -0.4 is 10.1 Å². The number of amides is 1. The third-order valence-electron chi connectivity index (χ3n) is 2.82. The fourth-order valence-electron chi connectivity index (χ4n) is 1.91. The van der Waals surface area contributed by atoms with E-state index in [1.54, 1.807) is 12.1 Å². The van der Waals surface area contributed by atoms with Crippen molar-refractivity contribution in [2.24, 2.45) is 0 Å². The van der Waals surface area contributed by atoms with Crippen LogP contribution in [0.25, 0.3) is 0 Å². The Morgan fingerprint density at radius 2 is 2.45 bits per heavy atom. The number of aromatic nitrogens is 1. The zero-order valence-electron chi connectivity index (χ0n) is 11.2. The Kier molecular flexibility index (Phi) is 5.58. The Labute approximate surface area is 122 Å². The summed E-state index contributed by atoms with van der Waals surface area (Å²) in [5.41, 5.74) is 0.521. The predicted octanol–water partition coefficient (Wildman–Crippen LogP) is 1.88. The van der Waals surface area contributed by atoms with Crippen molar-refractivity contribution in [3.8, 4) is 5.88 Å². The van der Waals surface area contributed by atoms with Gasteiger partial charge in [0.2, 0.25) is 11.8 Å². The number of anilines is 1. The third kappa shape index (κ3) is 4.63. The minimum absolute atomic E-state index is 0.0257. The maximum absolute atomic E-state index is 11.7. The summed E-state index contributed by atoms with van der Waals surface area (Å²) in [5, 5.41) is 2.92. The van der Waals surface area contributed by atoms with Crippen molar-refractivity contribution in [3.05, 3.63) is 17.3 Å². The van der Waals surface area contributed by atoms with Crippen LogP contribution in [0.3, 0.4) is 0 Å². The van der Waals surface area contributed by atoms with Gasteiger partial charge in [-0.3, -0.25) is 4.79 Å². The molecule has 1 unspecified atom stereocenters. The van der Waals surface area contributed by atoms with Crippen LogP contribution >= 0.6 is 11.6 Å². The second kappa shape index (κ2) is 7.42. The number of carbonyl (C=O) groups excluding carboxylic acids is 1. The molecule has 2 rings (SSSR count). The van der Waals surface area contributed by atoms with Crippen LogP contribution in [-0.2, 0) is 14.3 Å². The summed E-state index contributed by atoms with van der Waals surface area (Å²) >= 11 is 5.81. The zero-order chi connectivity index (χ0) is 14.4. The molecule has 1 amide bonds. The summed E-state index contributed by atoms with van der Waals surface area (Å²) < 4.78 is 15.7. The van der Waals surface area contributed by atoms with E-state index in [1.807, 2.05) is 0 Å². The topological polar surface area (TPSA) is 69.7 Å². The first-order chi connectivity index (χ1) is 9.67. The molecule has 0 saturated carbocycles. The molecule has 0 aromatic carbocycles. The largest absolute Gasteiger partial charge is 0.481 e. The van der Waals surface area contributed by atoms with Crippen LogP contribution in [-0.4, -0.2) is 43.9 Å². The van der Waals surface area contributed by atoms with Gasteiger partial charge >= 0.3 is 0 Å². The Morgan fingerprint density at radius 1 is 1.60 bits per heavy atom. The molecule has 1 N–H and O–H groups in total. The lowest BCUT2D eigenvalue weighted by Crippen LogP contribution is -2.22. The van der Waals surface area contributed by atoms with Crippen LogP contribution in [0.2, 0.25) is 5.15 Å². The molecule has 1 aromatic rings. The fourth-order valence-corrected chi connectivity index (χ4v) is 2.11. The van der Waals surface area contributed by atoms with E-state index in [2.05, 4.69) is 10.3 Å². The molecule has 1 aliphatic heterocycles. The van der Waals surface area contributed by atoms with Gasteiger partial charge in [-0.05, 0) is 18.9 Å². The van der Waals surface area contributed by atoms with Crippen molar-refractivity contribution < 1.29 is 19.0 Å². The summed E-state index contributed by atoms with van der Waals surface area (Å²) in [4.78, 5) is 15.6. The SMILES string of the molecule is COc1cc(NC(=O)COCC2CCCO2)cc(Cl)n1. The normalized spacial score (nSPS) is 18.0. The molecule has 2 heterocycles. The monoisotopic (exact) mass is 300 g/mol. The van der Waals surface area contributed by atoms with E-state index in [0.717, 1.165) is 19.4 Å². The molecule has 6 nitrogen and oxygen atoms in total. The molecular weight excluding hydrogens is 284 g/mol. The smallest absolute Gasteiger partial charge is 0.250 e. The molecule has 1 aliphatic rings. The van der Waals surface area contributed by atoms with Crippen LogP contribution in [0.1, 0.15) is 12.8 Å². The molecule has 0 aliphatic carbocycles. The molecular formula is C13H17ClN2O4. The number of nitrogens with one attached hydrogen (secondary N) is 1. The lowest BCUT2D eigenvalue weighted by atomic mass is 10.2. The number of carbonyl (C=O) groups is 1. The number of hydrogen-bond donors (Lipinski definition) is 1. The number of halogens is 1. The lowest BCUT2D eigenvalue weighted by molar-refractivity contribution is -0.121. The van der Waals surface area contributed by atoms with Crippen LogP contribution in [0.4, 0.5) is 5.69 Å². The van der Waals surface area contributed by atoms with Crippen molar-refractivity contribution in [1.29, 1.82) is 0 Å². The Morgan fingerprint density at radius 3 is 3.15 bits per heavy atom. The van der Waals surface area contributed by atoms with Gasteiger partial charge < -0.3 is 19.5 Å². The van der Waals surface area contributed by atoms with Crippen LogP contribution in [0, 0.1) is 0 Å². The van der Waals surface area contributed by atoms with Gasteiger partial charge in [0.25, 0.3) is 0 Å². The van der Waals surface area contributed by atoms with Gasteiger partial charge in [0.15, 0.2) is 0 Å². The highest BCUT2D eigenvalue weighted by Gasteiger charge is 2.16. The van der Waals surface area contributed by atoms with Crippen molar-refractivity contribution in [2.75, 3.05) is 32.2 Å². The maximum atomic E-state index is 11.7. The van der Waals surface area contributed by atoms with Crippen molar-refractivity contribution in [1.82, 2.24) is 4.98 Å². The Hall–Kier alpha value is -1.37. The predicted molar refractivity (Wildman–Crippen MR) is 74.2 cm³/mol. The van der Waals surface area contributed by atoms with E-state index in [-0.39, 0.29) is 23.8 Å². The third-order valence-corrected chi connectivity index (χ3v) is 3.02. The standard InChI is InChI=1S/C13H17ClN2O4/c1-18-13-6-9(5-11(14)16-13)15-12(17)8-19-7-10-3-2-4-20-10/h5-6,10H,2-4,7-8H2,1H3,(H,15,16,17). The van der Waals surface area contributed by atoms with Crippen molar-refractivity contribution in [2.45, 2.75) is 18.9 Å². The minimum atomic E-state index is -0.257. The number of hydrogen-bond acceptors (Lipinski definition) is 5. The molecule has 0 bridgehead atoms. The highest BCUT2D eigenvalue weighted by molar-refractivity contribution is 6.29. The molecule has 1 saturated heterocycles. The average Bonchev–Trinajstić information content (AvgIpc) is 2.91. The molecule has 1 atom stereocenters. The minimum Gasteiger partial charge on any atom is -0.481 e. The van der Waals surface area contributed by atoms with E-state index in [4.69, 9.17) is 25.8 Å². The highest BCUT2D eigenvalue weighted by Crippen LogP contribution is 2.20. The van der Waals surface area contributed by atoms with E-state index in [0.29, 0.717) is 18.2 Å². The molecule has 0 radical (unpaired) electrons. The average molecular weight is 301 g/mol. The Balaban J connectivity index is 1.77. The number of methoxy groups -OCH3 is 1. The van der Waals surface area contributed by atoms with E-state index < -0.39 is 0 Å². The first kappa shape index (κ1) is 15.0. The number of nitrogens with zero attached hydrogens (tertiary/aromatic N) is 1. The molecule has 20 heavy (non-hydrogen) atoms. The van der Waals surface area contributed by atoms with E-state index in [1.165, 1.54) is 7.11 Å². The summed E-state index contributed by atoms with van der Waals surface area (Å²) in [6.45, 7) is 1.19. The second-order valence-electron chi connectivity index (χ2n) is 4.42. The summed E-state index contributed by atoms with van der Waals surface area (Å²) in [7, 11) is 1.48. The second-order valence-corrected chi connectivity index (χ2v) is 4.81. The molecule has 110 valence electrons. The van der Waals surface area contributed by atoms with Gasteiger partial charge in [0, 0.05) is 18.4 Å². The Bertz CT molecular complexity index is 464. The summed E-state index contributed by atoms with van der Waals surface area (Å²) in [5.74, 6) is 0.0837. The summed E-state index contributed by atoms with van der Waals surface area (Å²) in [6, 6.07) is 3.13. The quantitative estimate of drug-likeness (QED) is 0.812. The van der Waals surface area contributed by atoms with Crippen LogP contribution in [0.5, 0.6) is 5.88 Å². The van der Waals surface area contributed by atoms with Gasteiger partial charge in [0.1, 0.15) is 11.8 Å². The van der Waals surface area contributed by atoms with Gasteiger partial charge in [-0.2, -0.15) is 0 Å². The van der Waals surface area contributed by atoms with Gasteiger partial charge in [0.05, 0.1) is 19.8 Å². The number of pyridine rings is 1. The molecule has 7 heteroatoms. The molecule has 1 fully saturated rings. The van der Waals surface area contributed by atoms with Gasteiger partial charge in [-0.25, -0.2) is 4.98 Å². The zero-order valence-corrected chi connectivity index (χ0v) is 12.0. The van der Waals surface area contributed by atoms with E-state index in [9.17, 15) is 4.79 Å². The van der Waals surface area contributed by atoms with Gasteiger partial charge in [-0.15, -0.1) is 0 Å². The lowest BCUT2D eigenvalue weighted by Gasteiger charge is -2.10. The first-order valence-electron chi connectivity index (χ1n) is 6.38. The first-order valence-corrected chi connectivity index (χ1v) is 6.76. The maximum Gasteiger partial charge on any atom is 0.250 e. The van der Waals surface area contributed by atoms with Gasteiger partial charge in [-0.1, -0.05) is 11.6 Å². The highest BCUT2D eigenvalue weighted by atomic mass is 35.5.